The smallest absolute Gasteiger partial charge is 0.317 e. The molecule has 0 spiro atoms. The normalized spacial score (nSPS) is 14.2. The first-order valence-electron chi connectivity index (χ1n) is 8.97. The fourth-order valence-corrected chi connectivity index (χ4v) is 3.74. The van der Waals surface area contributed by atoms with Crippen LogP contribution in [0.15, 0.2) is 42.5 Å². The quantitative estimate of drug-likeness (QED) is 0.691. The maximum absolute atomic E-state index is 12.6. The first-order valence-corrected chi connectivity index (χ1v) is 9.35. The van der Waals surface area contributed by atoms with Crippen LogP contribution in [-0.2, 0) is 19.4 Å². The largest absolute Gasteiger partial charge is 0.358 e. The van der Waals surface area contributed by atoms with Gasteiger partial charge in [-0.15, -0.1) is 0 Å². The van der Waals surface area contributed by atoms with Crippen molar-refractivity contribution in [3.63, 3.8) is 0 Å². The summed E-state index contributed by atoms with van der Waals surface area (Å²) in [4.78, 5) is 18.0. The number of aromatic nitrogens is 1. The zero-order chi connectivity index (χ0) is 18.1. The van der Waals surface area contributed by atoms with Crippen molar-refractivity contribution in [3.8, 4) is 0 Å². The molecule has 0 atom stereocenters. The van der Waals surface area contributed by atoms with Crippen LogP contribution in [0.25, 0.3) is 10.9 Å². The second kappa shape index (κ2) is 7.04. The molecule has 0 radical (unpaired) electrons. The molecule has 0 aliphatic carbocycles. The second-order valence-corrected chi connectivity index (χ2v) is 7.34. The molecule has 1 aliphatic rings. The van der Waals surface area contributed by atoms with Crippen LogP contribution >= 0.6 is 11.6 Å². The first-order chi connectivity index (χ1) is 12.6. The van der Waals surface area contributed by atoms with E-state index in [1.165, 1.54) is 27.7 Å². The number of hydrogen-bond acceptors (Lipinski definition) is 1. The number of fused-ring (bicyclic) bond motifs is 3. The van der Waals surface area contributed by atoms with Crippen LogP contribution in [-0.4, -0.2) is 29.0 Å². The van der Waals surface area contributed by atoms with E-state index in [0.29, 0.717) is 11.6 Å². The van der Waals surface area contributed by atoms with Crippen LogP contribution in [0.3, 0.4) is 0 Å². The number of amides is 2. The average molecular weight is 368 g/mol. The molecular weight excluding hydrogens is 346 g/mol. The highest BCUT2D eigenvalue weighted by atomic mass is 35.5. The van der Waals surface area contributed by atoms with Gasteiger partial charge in [0.05, 0.1) is 0 Å². The van der Waals surface area contributed by atoms with E-state index in [-0.39, 0.29) is 6.03 Å². The Labute approximate surface area is 158 Å². The van der Waals surface area contributed by atoms with Crippen LogP contribution in [0, 0.1) is 6.92 Å². The van der Waals surface area contributed by atoms with Crippen molar-refractivity contribution in [2.75, 3.05) is 13.1 Å². The summed E-state index contributed by atoms with van der Waals surface area (Å²) in [6.07, 6.45) is 1.74. The Morgan fingerprint density at radius 2 is 1.92 bits per heavy atom. The lowest BCUT2D eigenvalue weighted by atomic mass is 10.1. The zero-order valence-corrected chi connectivity index (χ0v) is 15.6. The van der Waals surface area contributed by atoms with Crippen LogP contribution in [0.4, 0.5) is 4.79 Å². The summed E-state index contributed by atoms with van der Waals surface area (Å²) in [5, 5.41) is 5.01. The number of H-pyrrole nitrogens is 1. The number of rotatable bonds is 2. The van der Waals surface area contributed by atoms with E-state index in [1.54, 1.807) is 0 Å². The van der Waals surface area contributed by atoms with Gasteiger partial charge in [-0.05, 0) is 48.7 Å². The van der Waals surface area contributed by atoms with E-state index in [1.807, 2.05) is 29.2 Å². The Kier molecular flexibility index (Phi) is 4.60. The molecule has 2 aromatic carbocycles. The maximum Gasteiger partial charge on any atom is 0.317 e. The Morgan fingerprint density at radius 1 is 1.15 bits per heavy atom. The molecule has 0 saturated carbocycles. The van der Waals surface area contributed by atoms with Gasteiger partial charge in [-0.3, -0.25) is 0 Å². The number of carbonyl (C=O) groups is 1. The maximum atomic E-state index is 12.6. The molecule has 1 aliphatic heterocycles. The molecule has 134 valence electrons. The fraction of sp³-hybridized carbons (Fsp3) is 0.286. The summed E-state index contributed by atoms with van der Waals surface area (Å²) in [5.74, 6) is 0. The Morgan fingerprint density at radius 3 is 2.73 bits per heavy atom. The number of benzene rings is 2. The van der Waals surface area contributed by atoms with Crippen molar-refractivity contribution in [1.29, 1.82) is 0 Å². The standard InChI is InChI=1S/C21H22ClN3O/c1-14-2-7-19-18(12-14)17-8-10-25(11-9-20(17)24-19)21(26)23-13-15-3-5-16(22)6-4-15/h2-7,12,24H,8-11,13H2,1H3,(H,23,26). The van der Waals surface area contributed by atoms with E-state index in [0.717, 1.165) is 31.5 Å². The summed E-state index contributed by atoms with van der Waals surface area (Å²) in [6, 6.07) is 14.1. The number of aromatic amines is 1. The molecule has 0 bridgehead atoms. The second-order valence-electron chi connectivity index (χ2n) is 6.90. The van der Waals surface area contributed by atoms with Crippen molar-refractivity contribution in [2.24, 2.45) is 0 Å². The van der Waals surface area contributed by atoms with E-state index in [4.69, 9.17) is 11.6 Å². The number of nitrogens with one attached hydrogen (secondary N) is 2. The highest BCUT2D eigenvalue weighted by Crippen LogP contribution is 2.26. The summed E-state index contributed by atoms with van der Waals surface area (Å²) >= 11 is 5.90. The van der Waals surface area contributed by atoms with Crippen molar-refractivity contribution >= 4 is 28.5 Å². The lowest BCUT2D eigenvalue weighted by molar-refractivity contribution is 0.200. The fourth-order valence-electron chi connectivity index (χ4n) is 3.62. The molecule has 0 fully saturated rings. The topological polar surface area (TPSA) is 48.1 Å². The monoisotopic (exact) mass is 367 g/mol. The van der Waals surface area contributed by atoms with Crippen LogP contribution in [0.2, 0.25) is 5.02 Å². The van der Waals surface area contributed by atoms with Gasteiger partial charge in [-0.2, -0.15) is 0 Å². The SMILES string of the molecule is Cc1ccc2[nH]c3c(c2c1)CCN(C(=O)NCc1ccc(Cl)cc1)CC3. The van der Waals surface area contributed by atoms with E-state index >= 15 is 0 Å². The lowest BCUT2D eigenvalue weighted by Crippen LogP contribution is -2.41. The first kappa shape index (κ1) is 17.0. The predicted octanol–water partition coefficient (Wildman–Crippen LogP) is 4.44. The Hall–Kier alpha value is -2.46. The molecule has 2 N–H and O–H groups in total. The molecular formula is C21H22ClN3O. The zero-order valence-electron chi connectivity index (χ0n) is 14.8. The molecule has 26 heavy (non-hydrogen) atoms. The molecule has 0 unspecified atom stereocenters. The molecule has 2 heterocycles. The molecule has 2 amide bonds. The molecule has 4 nitrogen and oxygen atoms in total. The average Bonchev–Trinajstić information content (AvgIpc) is 2.84. The van der Waals surface area contributed by atoms with Crippen LogP contribution in [0.5, 0.6) is 0 Å². The minimum absolute atomic E-state index is 0.00871. The third-order valence-corrected chi connectivity index (χ3v) is 5.31. The highest BCUT2D eigenvalue weighted by molar-refractivity contribution is 6.30. The number of aryl methyl sites for hydroxylation is 1. The number of nitrogens with zero attached hydrogens (tertiary/aromatic N) is 1. The summed E-state index contributed by atoms with van der Waals surface area (Å²) in [5.41, 5.74) is 6.13. The van der Waals surface area contributed by atoms with E-state index in [2.05, 4.69) is 35.4 Å². The molecule has 4 rings (SSSR count). The van der Waals surface area contributed by atoms with Crippen molar-refractivity contribution in [1.82, 2.24) is 15.2 Å². The van der Waals surface area contributed by atoms with Crippen LogP contribution < -0.4 is 5.32 Å². The van der Waals surface area contributed by atoms with Gasteiger partial charge in [-0.25, -0.2) is 4.79 Å². The summed E-state index contributed by atoms with van der Waals surface area (Å²) < 4.78 is 0. The third-order valence-electron chi connectivity index (χ3n) is 5.06. The van der Waals surface area contributed by atoms with Crippen molar-refractivity contribution < 1.29 is 4.79 Å². The van der Waals surface area contributed by atoms with Gasteiger partial charge in [0.25, 0.3) is 0 Å². The minimum Gasteiger partial charge on any atom is -0.358 e. The number of halogens is 1. The van der Waals surface area contributed by atoms with Gasteiger partial charge in [0.1, 0.15) is 0 Å². The van der Waals surface area contributed by atoms with Gasteiger partial charge in [0, 0.05) is 47.7 Å². The predicted molar refractivity (Wildman–Crippen MR) is 106 cm³/mol. The van der Waals surface area contributed by atoms with Gasteiger partial charge in [0.2, 0.25) is 0 Å². The molecule has 1 aromatic heterocycles. The van der Waals surface area contributed by atoms with Gasteiger partial charge in [0.15, 0.2) is 0 Å². The van der Waals surface area contributed by atoms with E-state index in [9.17, 15) is 4.79 Å². The number of urea groups is 1. The summed E-state index contributed by atoms with van der Waals surface area (Å²) in [6.45, 7) is 4.09. The summed E-state index contributed by atoms with van der Waals surface area (Å²) in [7, 11) is 0. The van der Waals surface area contributed by atoms with Gasteiger partial charge < -0.3 is 15.2 Å². The Balaban J connectivity index is 1.42. The molecule has 3 aromatic rings. The van der Waals surface area contributed by atoms with Crippen molar-refractivity contribution in [2.45, 2.75) is 26.3 Å². The van der Waals surface area contributed by atoms with Crippen molar-refractivity contribution in [3.05, 3.63) is 69.9 Å². The molecule has 0 saturated heterocycles. The number of hydrogen-bond donors (Lipinski definition) is 2. The van der Waals surface area contributed by atoms with Crippen LogP contribution in [0.1, 0.15) is 22.4 Å². The van der Waals surface area contributed by atoms with Gasteiger partial charge in [-0.1, -0.05) is 35.4 Å². The van der Waals surface area contributed by atoms with E-state index < -0.39 is 0 Å². The highest BCUT2D eigenvalue weighted by Gasteiger charge is 2.21. The third kappa shape index (κ3) is 3.42. The minimum atomic E-state index is -0.00871. The Bertz CT molecular complexity index is 946. The molecule has 5 heteroatoms. The lowest BCUT2D eigenvalue weighted by Gasteiger charge is -2.21. The van der Waals surface area contributed by atoms with Gasteiger partial charge >= 0.3 is 6.03 Å². The number of carbonyl (C=O) groups excluding carboxylic acids is 1.